The van der Waals surface area contributed by atoms with Gasteiger partial charge in [0.15, 0.2) is 0 Å². The standard InChI is InChI=1S/C57H41N/c1-38-35-51(44-29-34-50-49-21-11-14-24-54(49)57(55(50)37-44)52-22-12-9-19-47(52)48-20-10-13-23-53(48)57)39(2)56(36-38)58(45-30-25-42(26-31-45)40-15-5-3-6-16-40)46-32-27-43(28-33-46)41-17-7-4-8-18-41/h3-37H,1-2H3. The van der Waals surface area contributed by atoms with Gasteiger partial charge < -0.3 is 4.90 Å². The first-order chi connectivity index (χ1) is 28.6. The molecule has 0 radical (unpaired) electrons. The Morgan fingerprint density at radius 1 is 0.310 bits per heavy atom. The van der Waals surface area contributed by atoms with E-state index in [1.807, 2.05) is 0 Å². The summed E-state index contributed by atoms with van der Waals surface area (Å²) in [6.45, 7) is 4.53. The van der Waals surface area contributed by atoms with Crippen LogP contribution in [-0.4, -0.2) is 0 Å². The third kappa shape index (κ3) is 5.17. The lowest BCUT2D eigenvalue weighted by Crippen LogP contribution is -2.25. The van der Waals surface area contributed by atoms with Crippen molar-refractivity contribution in [1.82, 2.24) is 0 Å². The van der Waals surface area contributed by atoms with Crippen LogP contribution in [0.15, 0.2) is 212 Å². The van der Waals surface area contributed by atoms with Gasteiger partial charge in [-0.3, -0.25) is 0 Å². The molecule has 0 bridgehead atoms. The maximum atomic E-state index is 2.51. The molecule has 0 fully saturated rings. The van der Waals surface area contributed by atoms with E-state index in [2.05, 4.69) is 231 Å². The van der Waals surface area contributed by atoms with Crippen LogP contribution in [0.5, 0.6) is 0 Å². The number of hydrogen-bond acceptors (Lipinski definition) is 1. The minimum Gasteiger partial charge on any atom is -0.310 e. The van der Waals surface area contributed by atoms with E-state index in [4.69, 9.17) is 0 Å². The van der Waals surface area contributed by atoms with Crippen LogP contribution in [0.25, 0.3) is 55.6 Å². The fourth-order valence-corrected chi connectivity index (χ4v) is 9.93. The molecule has 0 unspecified atom stereocenters. The Morgan fingerprint density at radius 2 is 0.707 bits per heavy atom. The van der Waals surface area contributed by atoms with E-state index in [1.165, 1.54) is 94.7 Å². The summed E-state index contributed by atoms with van der Waals surface area (Å²) in [6, 6.07) is 78.4. The highest BCUT2D eigenvalue weighted by Crippen LogP contribution is 2.63. The van der Waals surface area contributed by atoms with E-state index in [0.717, 1.165) is 11.4 Å². The van der Waals surface area contributed by atoms with Crippen LogP contribution in [0.4, 0.5) is 17.1 Å². The van der Waals surface area contributed by atoms with Crippen molar-refractivity contribution in [1.29, 1.82) is 0 Å². The second kappa shape index (κ2) is 13.5. The molecule has 0 heterocycles. The Labute approximate surface area is 341 Å². The first-order valence-corrected chi connectivity index (χ1v) is 20.3. The molecule has 1 heteroatoms. The van der Waals surface area contributed by atoms with Crippen molar-refractivity contribution >= 4 is 17.1 Å². The zero-order valence-electron chi connectivity index (χ0n) is 32.7. The maximum Gasteiger partial charge on any atom is 0.0725 e. The Morgan fingerprint density at radius 3 is 1.19 bits per heavy atom. The van der Waals surface area contributed by atoms with Gasteiger partial charge in [0.25, 0.3) is 0 Å². The quantitative estimate of drug-likeness (QED) is 0.164. The molecule has 9 aromatic carbocycles. The summed E-state index contributed by atoms with van der Waals surface area (Å²) in [5, 5.41) is 0. The summed E-state index contributed by atoms with van der Waals surface area (Å²) in [7, 11) is 0. The minimum atomic E-state index is -0.386. The summed E-state index contributed by atoms with van der Waals surface area (Å²) in [5.74, 6) is 0. The fourth-order valence-electron chi connectivity index (χ4n) is 9.93. The Kier molecular flexibility index (Phi) is 7.91. The van der Waals surface area contributed by atoms with Gasteiger partial charge >= 0.3 is 0 Å². The van der Waals surface area contributed by atoms with E-state index in [-0.39, 0.29) is 5.41 Å². The van der Waals surface area contributed by atoms with Gasteiger partial charge in [0.1, 0.15) is 0 Å². The van der Waals surface area contributed by atoms with Gasteiger partial charge in [0.05, 0.1) is 5.41 Å². The van der Waals surface area contributed by atoms with Crippen molar-refractivity contribution in [2.45, 2.75) is 19.3 Å². The van der Waals surface area contributed by atoms with Crippen LogP contribution in [0, 0.1) is 13.8 Å². The van der Waals surface area contributed by atoms with E-state index in [0.29, 0.717) is 0 Å². The lowest BCUT2D eigenvalue weighted by atomic mass is 9.70. The molecular weight excluding hydrogens is 699 g/mol. The average molecular weight is 740 g/mol. The summed E-state index contributed by atoms with van der Waals surface area (Å²) in [6.07, 6.45) is 0. The normalized spacial score (nSPS) is 12.8. The molecule has 0 saturated carbocycles. The number of fused-ring (bicyclic) bond motifs is 10. The lowest BCUT2D eigenvalue weighted by molar-refractivity contribution is 0.794. The predicted molar refractivity (Wildman–Crippen MR) is 243 cm³/mol. The van der Waals surface area contributed by atoms with Gasteiger partial charge in [0.2, 0.25) is 0 Å². The average Bonchev–Trinajstić information content (AvgIpc) is 3.76. The molecule has 0 N–H and O–H groups in total. The second-order valence-electron chi connectivity index (χ2n) is 15.8. The Bertz CT molecular complexity index is 2850. The number of nitrogens with zero attached hydrogens (tertiary/aromatic N) is 1. The summed E-state index contributed by atoms with van der Waals surface area (Å²) in [4.78, 5) is 2.43. The molecule has 9 aromatic rings. The molecule has 0 atom stereocenters. The molecule has 11 rings (SSSR count). The van der Waals surface area contributed by atoms with Crippen LogP contribution in [0.3, 0.4) is 0 Å². The van der Waals surface area contributed by atoms with Gasteiger partial charge in [0, 0.05) is 17.1 Å². The molecule has 2 aliphatic carbocycles. The molecule has 0 saturated heterocycles. The highest BCUT2D eigenvalue weighted by molar-refractivity contribution is 5.96. The summed E-state index contributed by atoms with van der Waals surface area (Å²) >= 11 is 0. The zero-order chi connectivity index (χ0) is 38.8. The molecule has 1 spiro atoms. The van der Waals surface area contributed by atoms with Gasteiger partial charge in [-0.2, -0.15) is 0 Å². The molecule has 0 amide bonds. The van der Waals surface area contributed by atoms with Crippen molar-refractivity contribution in [3.63, 3.8) is 0 Å². The summed E-state index contributed by atoms with van der Waals surface area (Å²) < 4.78 is 0. The Hall–Kier alpha value is -7.22. The highest BCUT2D eigenvalue weighted by Gasteiger charge is 2.51. The van der Waals surface area contributed by atoms with E-state index in [1.54, 1.807) is 0 Å². The monoisotopic (exact) mass is 739 g/mol. The second-order valence-corrected chi connectivity index (χ2v) is 15.8. The van der Waals surface area contributed by atoms with E-state index < -0.39 is 0 Å². The zero-order valence-corrected chi connectivity index (χ0v) is 32.7. The van der Waals surface area contributed by atoms with E-state index in [9.17, 15) is 0 Å². The van der Waals surface area contributed by atoms with Gasteiger partial charge in [-0.25, -0.2) is 0 Å². The highest BCUT2D eigenvalue weighted by atomic mass is 15.1. The maximum absolute atomic E-state index is 2.51. The number of benzene rings is 9. The molecule has 1 nitrogen and oxygen atoms in total. The van der Waals surface area contributed by atoms with Crippen molar-refractivity contribution < 1.29 is 0 Å². The van der Waals surface area contributed by atoms with Crippen LogP contribution in [0.1, 0.15) is 33.4 Å². The molecule has 2 aliphatic rings. The number of hydrogen-bond donors (Lipinski definition) is 0. The smallest absolute Gasteiger partial charge is 0.0725 e. The summed E-state index contributed by atoms with van der Waals surface area (Å²) in [5.41, 5.74) is 23.5. The van der Waals surface area contributed by atoms with Crippen molar-refractivity contribution in [3.05, 3.63) is 246 Å². The van der Waals surface area contributed by atoms with Crippen LogP contribution in [0.2, 0.25) is 0 Å². The molecule has 58 heavy (non-hydrogen) atoms. The topological polar surface area (TPSA) is 3.24 Å². The lowest BCUT2D eigenvalue weighted by Gasteiger charge is -2.31. The predicted octanol–water partition coefficient (Wildman–Crippen LogP) is 15.1. The van der Waals surface area contributed by atoms with E-state index >= 15 is 0 Å². The minimum absolute atomic E-state index is 0.386. The molecule has 0 aromatic heterocycles. The third-order valence-corrected chi connectivity index (χ3v) is 12.5. The molecular formula is C57H41N. The van der Waals surface area contributed by atoms with Crippen LogP contribution in [-0.2, 0) is 5.41 Å². The first-order valence-electron chi connectivity index (χ1n) is 20.3. The van der Waals surface area contributed by atoms with Crippen LogP contribution >= 0.6 is 0 Å². The van der Waals surface area contributed by atoms with Crippen molar-refractivity contribution in [3.8, 4) is 55.6 Å². The Balaban J connectivity index is 1.09. The van der Waals surface area contributed by atoms with Gasteiger partial charge in [-0.1, -0.05) is 176 Å². The van der Waals surface area contributed by atoms with Gasteiger partial charge in [-0.15, -0.1) is 0 Å². The number of aryl methyl sites for hydroxylation is 1. The first kappa shape index (κ1) is 34.1. The number of anilines is 3. The van der Waals surface area contributed by atoms with Crippen LogP contribution < -0.4 is 4.90 Å². The molecule has 0 aliphatic heterocycles. The van der Waals surface area contributed by atoms with Gasteiger partial charge in [-0.05, 0) is 139 Å². The largest absolute Gasteiger partial charge is 0.310 e. The fraction of sp³-hybridized carbons (Fsp3) is 0.0526. The molecule has 274 valence electrons. The third-order valence-electron chi connectivity index (χ3n) is 12.5. The number of rotatable bonds is 6. The van der Waals surface area contributed by atoms with Crippen molar-refractivity contribution in [2.24, 2.45) is 0 Å². The SMILES string of the molecule is Cc1cc(-c2ccc3c(c2)C2(c4ccccc4-c4ccccc42)c2ccccc2-3)c(C)c(N(c2ccc(-c3ccccc3)cc2)c2ccc(-c3ccccc3)cc2)c1. The van der Waals surface area contributed by atoms with Crippen molar-refractivity contribution in [2.75, 3.05) is 4.90 Å².